The summed E-state index contributed by atoms with van der Waals surface area (Å²) in [6, 6.07) is 17.2. The summed E-state index contributed by atoms with van der Waals surface area (Å²) in [6.07, 6.45) is 4.87. The van der Waals surface area contributed by atoms with Gasteiger partial charge in [0.1, 0.15) is 0 Å². The first kappa shape index (κ1) is 21.1. The van der Waals surface area contributed by atoms with Crippen molar-refractivity contribution < 1.29 is 13.2 Å². The lowest BCUT2D eigenvalue weighted by Gasteiger charge is -2.09. The second kappa shape index (κ2) is 9.73. The Morgan fingerprint density at radius 2 is 1.17 bits per heavy atom. The molecule has 0 saturated heterocycles. The zero-order valence-electron chi connectivity index (χ0n) is 16.7. The molecule has 1 aromatic heterocycles. The van der Waals surface area contributed by atoms with Crippen molar-refractivity contribution in [2.45, 2.75) is 51.6 Å². The number of unbranched alkanes of at least 4 members (excludes halogenated alkanes) is 4. The predicted molar refractivity (Wildman–Crippen MR) is 113 cm³/mol. The molecule has 1 heterocycles. The minimum absolute atomic E-state index is 0.630. The Labute approximate surface area is 170 Å². The predicted octanol–water partition coefficient (Wildman–Crippen LogP) is 7.95. The molecule has 0 amide bonds. The van der Waals surface area contributed by atoms with E-state index in [4.69, 9.17) is 0 Å². The van der Waals surface area contributed by atoms with Crippen molar-refractivity contribution in [2.75, 3.05) is 0 Å². The maximum Gasteiger partial charge on any atom is 0.416 e. The number of benzene rings is 2. The number of pyridine rings is 1. The van der Waals surface area contributed by atoms with E-state index in [9.17, 15) is 13.2 Å². The topological polar surface area (TPSA) is 12.9 Å². The molecule has 0 aliphatic rings. The first-order valence-corrected chi connectivity index (χ1v) is 10.2. The van der Waals surface area contributed by atoms with Crippen LogP contribution in [0.25, 0.3) is 22.3 Å². The molecule has 4 heteroatoms. The molecule has 1 nitrogen and oxygen atoms in total. The van der Waals surface area contributed by atoms with Crippen LogP contribution in [0.3, 0.4) is 0 Å². The SMILES string of the molecule is CCCCCCCc1ccc(-c2ccc(-c3ccc(C(F)(F)F)cc3)cc2)cn1. The maximum atomic E-state index is 12.7. The fourth-order valence-electron chi connectivity index (χ4n) is 3.36. The van der Waals surface area contributed by atoms with Crippen LogP contribution in [0.4, 0.5) is 13.2 Å². The zero-order chi connectivity index (χ0) is 20.7. The molecule has 0 N–H and O–H groups in total. The van der Waals surface area contributed by atoms with E-state index in [1.807, 2.05) is 30.5 Å². The molecule has 3 aromatic rings. The lowest BCUT2D eigenvalue weighted by Crippen LogP contribution is -2.03. The highest BCUT2D eigenvalue weighted by Crippen LogP contribution is 2.31. The van der Waals surface area contributed by atoms with Gasteiger partial charge in [0.25, 0.3) is 0 Å². The molecule has 0 radical (unpaired) electrons. The van der Waals surface area contributed by atoms with E-state index in [1.165, 1.54) is 44.2 Å². The number of aryl methyl sites for hydroxylation is 1. The van der Waals surface area contributed by atoms with Crippen molar-refractivity contribution >= 4 is 0 Å². The van der Waals surface area contributed by atoms with Gasteiger partial charge in [-0.2, -0.15) is 13.2 Å². The number of hydrogen-bond donors (Lipinski definition) is 0. The van der Waals surface area contributed by atoms with Crippen LogP contribution in [0.15, 0.2) is 66.9 Å². The third-order valence-corrected chi connectivity index (χ3v) is 5.13. The fraction of sp³-hybridized carbons (Fsp3) is 0.320. The van der Waals surface area contributed by atoms with Crippen LogP contribution in [0.5, 0.6) is 0 Å². The fourth-order valence-corrected chi connectivity index (χ4v) is 3.36. The van der Waals surface area contributed by atoms with Gasteiger partial charge in [0.05, 0.1) is 5.56 Å². The third kappa shape index (κ3) is 5.93. The Morgan fingerprint density at radius 3 is 1.69 bits per heavy atom. The summed E-state index contributed by atoms with van der Waals surface area (Å²) in [5, 5.41) is 0. The number of hydrogen-bond acceptors (Lipinski definition) is 1. The Hall–Kier alpha value is -2.62. The smallest absolute Gasteiger partial charge is 0.261 e. The van der Waals surface area contributed by atoms with Gasteiger partial charge in [0, 0.05) is 17.5 Å². The summed E-state index contributed by atoms with van der Waals surface area (Å²) in [4.78, 5) is 4.58. The van der Waals surface area contributed by atoms with E-state index in [1.54, 1.807) is 0 Å². The van der Waals surface area contributed by atoms with Gasteiger partial charge in [-0.1, -0.05) is 75.1 Å². The summed E-state index contributed by atoms with van der Waals surface area (Å²) in [5.74, 6) is 0. The van der Waals surface area contributed by atoms with E-state index in [-0.39, 0.29) is 0 Å². The summed E-state index contributed by atoms with van der Waals surface area (Å²) < 4.78 is 38.1. The zero-order valence-corrected chi connectivity index (χ0v) is 16.7. The van der Waals surface area contributed by atoms with Crippen LogP contribution < -0.4 is 0 Å². The lowest BCUT2D eigenvalue weighted by molar-refractivity contribution is -0.137. The van der Waals surface area contributed by atoms with Crippen LogP contribution >= 0.6 is 0 Å². The van der Waals surface area contributed by atoms with E-state index < -0.39 is 11.7 Å². The highest BCUT2D eigenvalue weighted by molar-refractivity contribution is 5.70. The molecule has 0 fully saturated rings. The molecule has 0 atom stereocenters. The van der Waals surface area contributed by atoms with E-state index in [0.717, 1.165) is 46.5 Å². The second-order valence-electron chi connectivity index (χ2n) is 7.35. The minimum atomic E-state index is -4.31. The van der Waals surface area contributed by atoms with Crippen LogP contribution in [-0.2, 0) is 12.6 Å². The molecule has 152 valence electrons. The van der Waals surface area contributed by atoms with Crippen molar-refractivity contribution in [3.8, 4) is 22.3 Å². The van der Waals surface area contributed by atoms with E-state index >= 15 is 0 Å². The number of alkyl halides is 3. The molecule has 0 aliphatic carbocycles. The average molecular weight is 397 g/mol. The molecule has 0 aliphatic heterocycles. The van der Waals surface area contributed by atoms with Crippen molar-refractivity contribution in [3.63, 3.8) is 0 Å². The van der Waals surface area contributed by atoms with Gasteiger partial charge < -0.3 is 0 Å². The monoisotopic (exact) mass is 397 g/mol. The van der Waals surface area contributed by atoms with Crippen molar-refractivity contribution in [2.24, 2.45) is 0 Å². The molecule has 0 saturated carbocycles. The highest BCUT2D eigenvalue weighted by atomic mass is 19.4. The number of halogens is 3. The number of aromatic nitrogens is 1. The van der Waals surface area contributed by atoms with Gasteiger partial charge in [-0.05, 0) is 47.7 Å². The molecule has 3 rings (SSSR count). The van der Waals surface area contributed by atoms with Crippen molar-refractivity contribution in [1.29, 1.82) is 0 Å². The van der Waals surface area contributed by atoms with Gasteiger partial charge >= 0.3 is 6.18 Å². The van der Waals surface area contributed by atoms with Crippen LogP contribution in [-0.4, -0.2) is 4.98 Å². The van der Waals surface area contributed by atoms with Crippen LogP contribution in [0.2, 0.25) is 0 Å². The number of nitrogens with zero attached hydrogens (tertiary/aromatic N) is 1. The second-order valence-corrected chi connectivity index (χ2v) is 7.35. The van der Waals surface area contributed by atoms with Crippen molar-refractivity contribution in [1.82, 2.24) is 4.98 Å². The Morgan fingerprint density at radius 1 is 0.655 bits per heavy atom. The van der Waals surface area contributed by atoms with Gasteiger partial charge in [0.15, 0.2) is 0 Å². The summed E-state index contributed by atoms with van der Waals surface area (Å²) >= 11 is 0. The molecule has 2 aromatic carbocycles. The summed E-state index contributed by atoms with van der Waals surface area (Å²) in [5.41, 5.74) is 4.22. The summed E-state index contributed by atoms with van der Waals surface area (Å²) in [6.45, 7) is 2.22. The van der Waals surface area contributed by atoms with Gasteiger partial charge in [0.2, 0.25) is 0 Å². The molecule has 0 unspecified atom stereocenters. The Kier molecular flexibility index (Phi) is 7.08. The van der Waals surface area contributed by atoms with Gasteiger partial charge in [-0.3, -0.25) is 4.98 Å². The normalized spacial score (nSPS) is 11.6. The first-order chi connectivity index (χ1) is 14.0. The molecule has 29 heavy (non-hydrogen) atoms. The molecule has 0 bridgehead atoms. The van der Waals surface area contributed by atoms with E-state index in [2.05, 4.69) is 24.0 Å². The third-order valence-electron chi connectivity index (χ3n) is 5.13. The molecular formula is C25H26F3N. The van der Waals surface area contributed by atoms with Gasteiger partial charge in [-0.15, -0.1) is 0 Å². The largest absolute Gasteiger partial charge is 0.416 e. The van der Waals surface area contributed by atoms with Crippen LogP contribution in [0, 0.1) is 0 Å². The van der Waals surface area contributed by atoms with E-state index in [0.29, 0.717) is 0 Å². The Balaban J connectivity index is 1.62. The standard InChI is InChI=1S/C25H26F3N/c1-2-3-4-5-6-7-24-17-14-22(18-29-24)21-10-8-19(9-11-21)20-12-15-23(16-13-20)25(26,27)28/h8-18H,2-7H2,1H3. The quantitative estimate of drug-likeness (QED) is 0.351. The highest BCUT2D eigenvalue weighted by Gasteiger charge is 2.29. The average Bonchev–Trinajstić information content (AvgIpc) is 2.74. The molecular weight excluding hydrogens is 371 g/mol. The first-order valence-electron chi connectivity index (χ1n) is 10.2. The maximum absolute atomic E-state index is 12.7. The molecule has 0 spiro atoms. The van der Waals surface area contributed by atoms with Gasteiger partial charge in [-0.25, -0.2) is 0 Å². The number of rotatable bonds is 8. The minimum Gasteiger partial charge on any atom is -0.261 e. The Bertz CT molecular complexity index is 879. The van der Waals surface area contributed by atoms with Crippen molar-refractivity contribution in [3.05, 3.63) is 78.1 Å². The lowest BCUT2D eigenvalue weighted by atomic mass is 10.00. The summed E-state index contributed by atoms with van der Waals surface area (Å²) in [7, 11) is 0. The van der Waals surface area contributed by atoms with Crippen LogP contribution in [0.1, 0.15) is 50.3 Å².